The molecule has 4 rings (SSSR count). The molecular formula is C26H27F4N3O3S3. The van der Waals surface area contributed by atoms with Gasteiger partial charge in [-0.25, -0.2) is 12.8 Å². The van der Waals surface area contributed by atoms with Crippen LogP contribution in [-0.2, 0) is 9.84 Å². The zero-order chi connectivity index (χ0) is 28.4. The van der Waals surface area contributed by atoms with Crippen LogP contribution >= 0.6 is 23.1 Å². The van der Waals surface area contributed by atoms with Crippen LogP contribution in [0.5, 0.6) is 5.75 Å². The third kappa shape index (κ3) is 7.30. The molecule has 0 unspecified atom stereocenters. The molecule has 3 aromatic rings. The number of nitrogens with one attached hydrogen (secondary N) is 2. The predicted octanol–water partition coefficient (Wildman–Crippen LogP) is 5.84. The first-order valence-corrected chi connectivity index (χ1v) is 15.4. The molecule has 2 heterocycles. The summed E-state index contributed by atoms with van der Waals surface area (Å²) in [7, 11) is 0.0516. The Kier molecular flexibility index (Phi) is 8.90. The number of benzene rings is 2. The van der Waals surface area contributed by atoms with Crippen molar-refractivity contribution in [3.63, 3.8) is 0 Å². The standard InChI is InChI=1S/C26H27F4N3O3S3/c1-31-21-14-16(39(3,34)35)9-10-22(21)36-13-5-8-23-25(38-26(28,29)30)17-6-4-7-20(24(17)37-23)32-19-11-12-33(2)15-18(19)27/h4,6-7,9-10,14,18-19,31-32H,11-13,15H2,1-3H3/t18-,19+/m0/s1. The van der Waals surface area contributed by atoms with Gasteiger partial charge in [0.15, 0.2) is 9.84 Å². The summed E-state index contributed by atoms with van der Waals surface area (Å²) < 4.78 is 84.9. The number of ether oxygens (including phenoxy) is 1. The summed E-state index contributed by atoms with van der Waals surface area (Å²) in [6.45, 7) is 0.869. The average molecular weight is 602 g/mol. The average Bonchev–Trinajstić information content (AvgIpc) is 3.19. The molecule has 1 aromatic heterocycles. The highest BCUT2D eigenvalue weighted by Crippen LogP contribution is 2.47. The summed E-state index contributed by atoms with van der Waals surface area (Å²) in [5.74, 6) is 5.94. The maximum absolute atomic E-state index is 14.6. The lowest BCUT2D eigenvalue weighted by Crippen LogP contribution is -2.46. The molecule has 1 fully saturated rings. The molecule has 2 aromatic carbocycles. The van der Waals surface area contributed by atoms with Crippen LogP contribution in [-0.4, -0.2) is 71.1 Å². The summed E-state index contributed by atoms with van der Waals surface area (Å²) in [5, 5.41) is 6.47. The third-order valence-electron chi connectivity index (χ3n) is 6.12. The van der Waals surface area contributed by atoms with Crippen LogP contribution in [0.25, 0.3) is 10.1 Å². The van der Waals surface area contributed by atoms with Gasteiger partial charge in [-0.2, -0.15) is 13.2 Å². The number of alkyl halides is 4. The maximum atomic E-state index is 14.6. The number of thioether (sulfide) groups is 1. The molecule has 210 valence electrons. The van der Waals surface area contributed by atoms with E-state index in [2.05, 4.69) is 22.5 Å². The quantitative estimate of drug-likeness (QED) is 0.200. The van der Waals surface area contributed by atoms with Gasteiger partial charge in [-0.1, -0.05) is 24.0 Å². The lowest BCUT2D eigenvalue weighted by molar-refractivity contribution is -0.0327. The van der Waals surface area contributed by atoms with E-state index in [0.717, 1.165) is 24.1 Å². The van der Waals surface area contributed by atoms with Crippen LogP contribution in [0.2, 0.25) is 0 Å². The molecule has 6 nitrogen and oxygen atoms in total. The Morgan fingerprint density at radius 1 is 1.23 bits per heavy atom. The van der Waals surface area contributed by atoms with Gasteiger partial charge in [0.2, 0.25) is 0 Å². The van der Waals surface area contributed by atoms with E-state index in [1.54, 1.807) is 25.2 Å². The summed E-state index contributed by atoms with van der Waals surface area (Å²) >= 11 is 0.891. The monoisotopic (exact) mass is 601 g/mol. The second-order valence-electron chi connectivity index (χ2n) is 9.08. The van der Waals surface area contributed by atoms with Gasteiger partial charge in [0.05, 0.1) is 36.8 Å². The first-order valence-electron chi connectivity index (χ1n) is 11.9. The molecular weight excluding hydrogens is 574 g/mol. The Hall–Kier alpha value is -2.66. The number of anilines is 2. The molecule has 0 radical (unpaired) electrons. The largest absolute Gasteiger partial charge is 0.479 e. The van der Waals surface area contributed by atoms with Gasteiger partial charge < -0.3 is 20.3 Å². The number of fused-ring (bicyclic) bond motifs is 1. The Morgan fingerprint density at radius 2 is 2.00 bits per heavy atom. The smallest absolute Gasteiger partial charge is 0.446 e. The van der Waals surface area contributed by atoms with Crippen molar-refractivity contribution >= 4 is 54.4 Å². The lowest BCUT2D eigenvalue weighted by Gasteiger charge is -2.33. The molecule has 39 heavy (non-hydrogen) atoms. The van der Waals surface area contributed by atoms with Crippen molar-refractivity contribution in [1.82, 2.24) is 4.90 Å². The van der Waals surface area contributed by atoms with Crippen LogP contribution in [0.1, 0.15) is 11.3 Å². The number of likely N-dealkylation sites (tertiary alicyclic amines) is 1. The van der Waals surface area contributed by atoms with Gasteiger partial charge in [0.25, 0.3) is 0 Å². The minimum atomic E-state index is -4.52. The number of hydrogen-bond donors (Lipinski definition) is 2. The van der Waals surface area contributed by atoms with Crippen molar-refractivity contribution in [2.45, 2.75) is 33.9 Å². The van der Waals surface area contributed by atoms with Gasteiger partial charge in [-0.15, -0.1) is 11.3 Å². The van der Waals surface area contributed by atoms with E-state index < -0.39 is 27.6 Å². The molecule has 1 aliphatic rings. The number of thiophene rings is 1. The summed E-state index contributed by atoms with van der Waals surface area (Å²) in [4.78, 5) is 2.24. The second kappa shape index (κ2) is 11.8. The van der Waals surface area contributed by atoms with E-state index in [1.807, 2.05) is 11.9 Å². The Bertz CT molecular complexity index is 1510. The van der Waals surface area contributed by atoms with Crippen LogP contribution in [0.4, 0.5) is 28.9 Å². The van der Waals surface area contributed by atoms with E-state index in [4.69, 9.17) is 4.74 Å². The Balaban J connectivity index is 1.61. The maximum Gasteiger partial charge on any atom is 0.446 e. The molecule has 2 N–H and O–H groups in total. The highest BCUT2D eigenvalue weighted by molar-refractivity contribution is 8.00. The Morgan fingerprint density at radius 3 is 2.67 bits per heavy atom. The fourth-order valence-corrected chi connectivity index (χ4v) is 6.88. The van der Waals surface area contributed by atoms with E-state index in [-0.39, 0.29) is 39.6 Å². The zero-order valence-corrected chi connectivity index (χ0v) is 23.8. The fraction of sp³-hybridized carbons (Fsp3) is 0.385. The summed E-state index contributed by atoms with van der Waals surface area (Å²) in [6.07, 6.45) is 0.571. The molecule has 0 saturated carbocycles. The van der Waals surface area contributed by atoms with Gasteiger partial charge in [0.1, 0.15) is 18.5 Å². The first-order chi connectivity index (χ1) is 18.4. The molecule has 1 aliphatic heterocycles. The topological polar surface area (TPSA) is 70.7 Å². The van der Waals surface area contributed by atoms with Gasteiger partial charge >= 0.3 is 5.51 Å². The normalized spacial score (nSPS) is 18.4. The minimum Gasteiger partial charge on any atom is -0.479 e. The molecule has 0 bridgehead atoms. The van der Waals surface area contributed by atoms with Gasteiger partial charge in [0, 0.05) is 31.8 Å². The van der Waals surface area contributed by atoms with E-state index in [1.165, 1.54) is 18.2 Å². The summed E-state index contributed by atoms with van der Waals surface area (Å²) in [6, 6.07) is 8.90. The van der Waals surface area contributed by atoms with Crippen molar-refractivity contribution in [2.75, 3.05) is 50.7 Å². The van der Waals surface area contributed by atoms with Gasteiger partial charge in [-0.05, 0) is 49.5 Å². The van der Waals surface area contributed by atoms with Crippen molar-refractivity contribution in [3.8, 4) is 17.6 Å². The van der Waals surface area contributed by atoms with Crippen molar-refractivity contribution in [1.29, 1.82) is 0 Å². The highest BCUT2D eigenvalue weighted by Gasteiger charge is 2.33. The van der Waals surface area contributed by atoms with Crippen LogP contribution in [0.3, 0.4) is 0 Å². The van der Waals surface area contributed by atoms with E-state index in [0.29, 0.717) is 33.6 Å². The number of piperidine rings is 1. The van der Waals surface area contributed by atoms with E-state index in [9.17, 15) is 26.0 Å². The van der Waals surface area contributed by atoms with Crippen molar-refractivity contribution < 1.29 is 30.7 Å². The molecule has 0 amide bonds. The number of hydrogen-bond acceptors (Lipinski definition) is 8. The van der Waals surface area contributed by atoms with Crippen LogP contribution in [0, 0.1) is 11.8 Å². The Labute approximate surface area is 233 Å². The summed E-state index contributed by atoms with van der Waals surface area (Å²) in [5.41, 5.74) is -3.51. The SMILES string of the molecule is CNc1cc(S(C)(=O)=O)ccc1OCC#Cc1sc2c(N[C@@H]3CCN(C)C[C@@H]3F)cccc2c1SC(F)(F)F. The predicted molar refractivity (Wildman–Crippen MR) is 150 cm³/mol. The lowest BCUT2D eigenvalue weighted by atomic mass is 10.0. The molecule has 2 atom stereocenters. The fourth-order valence-electron chi connectivity index (χ4n) is 4.22. The van der Waals surface area contributed by atoms with Crippen molar-refractivity contribution in [3.05, 3.63) is 41.3 Å². The number of halogens is 4. The molecule has 0 aliphatic carbocycles. The zero-order valence-electron chi connectivity index (χ0n) is 21.4. The molecule has 13 heteroatoms. The number of nitrogens with zero attached hydrogens (tertiary/aromatic N) is 1. The minimum absolute atomic E-state index is 0.00718. The van der Waals surface area contributed by atoms with Gasteiger partial charge in [-0.3, -0.25) is 0 Å². The van der Waals surface area contributed by atoms with Crippen molar-refractivity contribution in [2.24, 2.45) is 0 Å². The number of rotatable bonds is 7. The van der Waals surface area contributed by atoms with E-state index >= 15 is 0 Å². The molecule has 1 saturated heterocycles. The van der Waals surface area contributed by atoms with Crippen LogP contribution < -0.4 is 15.4 Å². The number of sulfone groups is 1. The third-order valence-corrected chi connectivity index (χ3v) is 9.38. The van der Waals surface area contributed by atoms with Crippen LogP contribution in [0.15, 0.2) is 46.2 Å². The second-order valence-corrected chi connectivity index (χ2v) is 13.2. The molecule has 0 spiro atoms. The first kappa shape index (κ1) is 29.3. The highest BCUT2D eigenvalue weighted by atomic mass is 32.2.